The largest absolute Gasteiger partial charge is 0.497 e. The Kier molecular flexibility index (Phi) is 6.07. The van der Waals surface area contributed by atoms with Gasteiger partial charge in [0.25, 0.3) is 5.56 Å². The van der Waals surface area contributed by atoms with Crippen LogP contribution >= 0.6 is 0 Å². The van der Waals surface area contributed by atoms with Gasteiger partial charge in [0.1, 0.15) is 22.7 Å². The van der Waals surface area contributed by atoms with Gasteiger partial charge in [0.2, 0.25) is 10.0 Å². The first-order valence-corrected chi connectivity index (χ1v) is 12.2. The molecule has 1 aromatic heterocycles. The Balaban J connectivity index is 1.56. The second kappa shape index (κ2) is 8.79. The smallest absolute Gasteiger partial charge is 0.262 e. The normalized spacial score (nSPS) is 15.2. The molecule has 0 aliphatic carbocycles. The molecule has 2 aromatic carbocycles. The quantitative estimate of drug-likeness (QED) is 0.582. The van der Waals surface area contributed by atoms with Crippen molar-refractivity contribution in [3.05, 3.63) is 46.8 Å². The van der Waals surface area contributed by atoms with Crippen molar-refractivity contribution in [3.8, 4) is 22.9 Å². The minimum Gasteiger partial charge on any atom is -0.497 e. The summed E-state index contributed by atoms with van der Waals surface area (Å²) >= 11 is 0. The highest BCUT2D eigenvalue weighted by Crippen LogP contribution is 2.29. The second-order valence-corrected chi connectivity index (χ2v) is 9.62. The summed E-state index contributed by atoms with van der Waals surface area (Å²) in [6, 6.07) is 11.1. The van der Waals surface area contributed by atoms with Crippen LogP contribution in [0.25, 0.3) is 22.3 Å². The van der Waals surface area contributed by atoms with Crippen molar-refractivity contribution >= 4 is 26.6 Å². The summed E-state index contributed by atoms with van der Waals surface area (Å²) in [5.74, 6) is 1.42. The summed E-state index contributed by atoms with van der Waals surface area (Å²) in [5, 5.41) is 0.374. The summed E-state index contributed by atoms with van der Waals surface area (Å²) < 4.78 is 36.2. The SMILES string of the molecule is COc1cc(OC)c2c(=O)[nH]c(-c3ccc(N4CCC(NS(C)(=O)=O)CC4)cc3)nc2c1. The highest BCUT2D eigenvalue weighted by Gasteiger charge is 2.22. The van der Waals surface area contributed by atoms with E-state index in [-0.39, 0.29) is 11.6 Å². The molecule has 0 saturated carbocycles. The van der Waals surface area contributed by atoms with Crippen molar-refractivity contribution in [1.29, 1.82) is 0 Å². The van der Waals surface area contributed by atoms with Crippen molar-refractivity contribution in [1.82, 2.24) is 14.7 Å². The molecule has 0 bridgehead atoms. The zero-order valence-corrected chi connectivity index (χ0v) is 19.0. The molecule has 2 N–H and O–H groups in total. The van der Waals surface area contributed by atoms with Gasteiger partial charge in [-0.1, -0.05) is 0 Å². The van der Waals surface area contributed by atoms with Crippen LogP contribution in [0.4, 0.5) is 5.69 Å². The monoisotopic (exact) mass is 458 g/mol. The van der Waals surface area contributed by atoms with Crippen LogP contribution in [0.5, 0.6) is 11.5 Å². The molecule has 170 valence electrons. The van der Waals surface area contributed by atoms with Gasteiger partial charge in [-0.25, -0.2) is 18.1 Å². The van der Waals surface area contributed by atoms with Crippen molar-refractivity contribution in [2.45, 2.75) is 18.9 Å². The number of piperidine rings is 1. The van der Waals surface area contributed by atoms with E-state index in [2.05, 4.69) is 19.6 Å². The Morgan fingerprint density at radius 1 is 1.09 bits per heavy atom. The number of hydrogen-bond acceptors (Lipinski definition) is 7. The number of benzene rings is 2. The van der Waals surface area contributed by atoms with E-state index in [0.29, 0.717) is 28.2 Å². The molecule has 0 spiro atoms. The molecule has 2 heterocycles. The van der Waals surface area contributed by atoms with Gasteiger partial charge in [-0.05, 0) is 37.1 Å². The molecule has 32 heavy (non-hydrogen) atoms. The summed E-state index contributed by atoms with van der Waals surface area (Å²) in [6.07, 6.45) is 2.69. The highest BCUT2D eigenvalue weighted by molar-refractivity contribution is 7.88. The van der Waals surface area contributed by atoms with Crippen LogP contribution in [0.1, 0.15) is 12.8 Å². The third kappa shape index (κ3) is 4.71. The van der Waals surface area contributed by atoms with Gasteiger partial charge in [-0.2, -0.15) is 0 Å². The summed E-state index contributed by atoms with van der Waals surface area (Å²) in [5.41, 5.74) is 2.03. The fourth-order valence-corrected chi connectivity index (χ4v) is 4.86. The summed E-state index contributed by atoms with van der Waals surface area (Å²) in [7, 11) is -0.141. The number of nitrogens with zero attached hydrogens (tertiary/aromatic N) is 2. The van der Waals surface area contributed by atoms with E-state index in [0.717, 1.165) is 37.2 Å². The Bertz CT molecular complexity index is 1280. The van der Waals surface area contributed by atoms with Crippen LogP contribution < -0.4 is 24.7 Å². The van der Waals surface area contributed by atoms with Gasteiger partial charge in [0.05, 0.1) is 26.0 Å². The van der Waals surface area contributed by atoms with Gasteiger partial charge in [-0.15, -0.1) is 0 Å². The van der Waals surface area contributed by atoms with Crippen molar-refractivity contribution in [2.75, 3.05) is 38.5 Å². The van der Waals surface area contributed by atoms with E-state index < -0.39 is 10.0 Å². The Morgan fingerprint density at radius 3 is 2.38 bits per heavy atom. The van der Waals surface area contributed by atoms with Crippen molar-refractivity contribution in [3.63, 3.8) is 0 Å². The predicted molar refractivity (Wildman–Crippen MR) is 124 cm³/mol. The van der Waals surface area contributed by atoms with Crippen molar-refractivity contribution in [2.24, 2.45) is 0 Å². The zero-order chi connectivity index (χ0) is 22.9. The molecule has 1 saturated heterocycles. The molecule has 1 aliphatic rings. The molecular weight excluding hydrogens is 432 g/mol. The standard InChI is InChI=1S/C22H26N4O5S/c1-30-17-12-18-20(19(13-17)31-2)22(27)24-21(23-18)14-4-6-16(7-5-14)26-10-8-15(9-11-26)25-32(3,28)29/h4-7,12-13,15,25H,8-11H2,1-3H3,(H,23,24,27). The maximum atomic E-state index is 12.7. The molecule has 0 amide bonds. The Hall–Kier alpha value is -3.11. The third-order valence-corrected chi connectivity index (χ3v) is 6.34. The fourth-order valence-electron chi connectivity index (χ4n) is 4.01. The number of aromatic amines is 1. The number of ether oxygens (including phenoxy) is 2. The molecule has 0 unspecified atom stereocenters. The molecule has 3 aromatic rings. The van der Waals surface area contributed by atoms with Crippen LogP contribution in [-0.4, -0.2) is 58.0 Å². The molecular formula is C22H26N4O5S. The number of hydrogen-bond donors (Lipinski definition) is 2. The van der Waals surface area contributed by atoms with Crippen LogP contribution in [-0.2, 0) is 10.0 Å². The molecule has 0 radical (unpaired) electrons. The zero-order valence-electron chi connectivity index (χ0n) is 18.2. The minimum atomic E-state index is -3.19. The first kappa shape index (κ1) is 22.1. The number of sulfonamides is 1. The number of rotatable bonds is 6. The van der Waals surface area contributed by atoms with Crippen LogP contribution in [0.2, 0.25) is 0 Å². The topological polar surface area (TPSA) is 114 Å². The lowest BCUT2D eigenvalue weighted by Crippen LogP contribution is -2.44. The van der Waals surface area contributed by atoms with Gasteiger partial charge in [0, 0.05) is 42.5 Å². The van der Waals surface area contributed by atoms with E-state index in [1.807, 2.05) is 24.3 Å². The first-order chi connectivity index (χ1) is 15.3. The van der Waals surface area contributed by atoms with E-state index >= 15 is 0 Å². The summed E-state index contributed by atoms with van der Waals surface area (Å²) in [4.78, 5) is 22.4. The Labute approximate surface area is 186 Å². The molecule has 4 rings (SSSR count). The lowest BCUT2D eigenvalue weighted by atomic mass is 10.0. The highest BCUT2D eigenvalue weighted by atomic mass is 32.2. The van der Waals surface area contributed by atoms with Crippen LogP contribution in [0.15, 0.2) is 41.2 Å². The number of H-pyrrole nitrogens is 1. The Morgan fingerprint density at radius 2 is 1.78 bits per heavy atom. The number of nitrogens with one attached hydrogen (secondary N) is 2. The van der Waals surface area contributed by atoms with E-state index in [4.69, 9.17) is 9.47 Å². The van der Waals surface area contributed by atoms with Gasteiger partial charge in [0.15, 0.2) is 0 Å². The second-order valence-electron chi connectivity index (χ2n) is 7.84. The molecule has 10 heteroatoms. The van der Waals surface area contributed by atoms with Gasteiger partial charge >= 0.3 is 0 Å². The van der Waals surface area contributed by atoms with E-state index in [1.54, 1.807) is 19.2 Å². The lowest BCUT2D eigenvalue weighted by Gasteiger charge is -2.33. The average Bonchev–Trinajstić information content (AvgIpc) is 2.77. The van der Waals surface area contributed by atoms with Crippen LogP contribution in [0, 0.1) is 0 Å². The minimum absolute atomic E-state index is 0.0265. The van der Waals surface area contributed by atoms with Gasteiger partial charge < -0.3 is 19.4 Å². The maximum absolute atomic E-state index is 12.7. The maximum Gasteiger partial charge on any atom is 0.262 e. The first-order valence-electron chi connectivity index (χ1n) is 10.3. The number of methoxy groups -OCH3 is 2. The molecule has 1 aliphatic heterocycles. The molecule has 0 atom stereocenters. The van der Waals surface area contributed by atoms with Crippen LogP contribution in [0.3, 0.4) is 0 Å². The number of aromatic nitrogens is 2. The average molecular weight is 459 g/mol. The number of anilines is 1. The van der Waals surface area contributed by atoms with Crippen molar-refractivity contribution < 1.29 is 17.9 Å². The summed E-state index contributed by atoms with van der Waals surface area (Å²) in [6.45, 7) is 1.52. The molecule has 1 fully saturated rings. The van der Waals surface area contributed by atoms with Gasteiger partial charge in [-0.3, -0.25) is 4.79 Å². The lowest BCUT2D eigenvalue weighted by molar-refractivity contribution is 0.397. The van der Waals surface area contributed by atoms with E-state index in [9.17, 15) is 13.2 Å². The fraction of sp³-hybridized carbons (Fsp3) is 0.364. The van der Waals surface area contributed by atoms with E-state index in [1.165, 1.54) is 13.4 Å². The number of fused-ring (bicyclic) bond motifs is 1. The third-order valence-electron chi connectivity index (χ3n) is 5.58. The molecule has 9 nitrogen and oxygen atoms in total. The predicted octanol–water partition coefficient (Wildman–Crippen LogP) is 2.13.